The van der Waals surface area contributed by atoms with Crippen LogP contribution in [0.2, 0.25) is 0 Å². The molecule has 1 fully saturated rings. The van der Waals surface area contributed by atoms with Gasteiger partial charge in [-0.25, -0.2) is 4.72 Å². The molecule has 2 unspecified atom stereocenters. The number of hydrogen-bond acceptors (Lipinski definition) is 3. The van der Waals surface area contributed by atoms with E-state index in [0.717, 1.165) is 6.42 Å². The molecule has 2 atom stereocenters. The van der Waals surface area contributed by atoms with Crippen molar-refractivity contribution >= 4 is 10.2 Å². The third-order valence-electron chi connectivity index (χ3n) is 3.27. The summed E-state index contributed by atoms with van der Waals surface area (Å²) in [6.45, 7) is 7.36. The number of rotatable bonds is 6. The van der Waals surface area contributed by atoms with Gasteiger partial charge in [-0.3, -0.25) is 0 Å². The van der Waals surface area contributed by atoms with Gasteiger partial charge in [-0.15, -0.1) is 0 Å². The summed E-state index contributed by atoms with van der Waals surface area (Å²) in [5, 5.41) is 3.42. The zero-order valence-corrected chi connectivity index (χ0v) is 11.9. The molecule has 0 aromatic rings. The summed E-state index contributed by atoms with van der Waals surface area (Å²) in [6, 6.07) is 0.760. The minimum atomic E-state index is -3.30. The topological polar surface area (TPSA) is 61.4 Å². The molecule has 1 saturated heterocycles. The first-order valence-electron chi connectivity index (χ1n) is 6.50. The van der Waals surface area contributed by atoms with Crippen LogP contribution in [-0.2, 0) is 10.2 Å². The van der Waals surface area contributed by atoms with Gasteiger partial charge in [-0.2, -0.15) is 12.7 Å². The molecule has 1 aliphatic rings. The van der Waals surface area contributed by atoms with Crippen LogP contribution >= 0.6 is 0 Å². The van der Waals surface area contributed by atoms with Gasteiger partial charge in [0.25, 0.3) is 10.2 Å². The van der Waals surface area contributed by atoms with Crippen LogP contribution < -0.4 is 10.0 Å². The molecule has 1 aliphatic heterocycles. The lowest BCUT2D eigenvalue weighted by Crippen LogP contribution is -2.50. The highest BCUT2D eigenvalue weighted by Gasteiger charge is 2.22. The van der Waals surface area contributed by atoms with E-state index in [1.165, 1.54) is 17.1 Å². The predicted molar refractivity (Wildman–Crippen MR) is 70.1 cm³/mol. The van der Waals surface area contributed by atoms with E-state index in [0.29, 0.717) is 25.7 Å². The maximum absolute atomic E-state index is 11.9. The molecule has 17 heavy (non-hydrogen) atoms. The third kappa shape index (κ3) is 4.54. The molecule has 0 spiro atoms. The normalized spacial score (nSPS) is 26.4. The molecule has 0 amide bonds. The first kappa shape index (κ1) is 14.9. The second-order valence-electron chi connectivity index (χ2n) is 4.63. The van der Waals surface area contributed by atoms with Gasteiger partial charge in [0.2, 0.25) is 0 Å². The molecule has 0 radical (unpaired) electrons. The lowest BCUT2D eigenvalue weighted by Gasteiger charge is -2.29. The number of piperidine rings is 1. The summed E-state index contributed by atoms with van der Waals surface area (Å²) in [5.41, 5.74) is 0. The largest absolute Gasteiger partial charge is 0.310 e. The summed E-state index contributed by atoms with van der Waals surface area (Å²) >= 11 is 0. The second-order valence-corrected chi connectivity index (χ2v) is 6.39. The highest BCUT2D eigenvalue weighted by molar-refractivity contribution is 7.87. The SMILES string of the molecule is CCN(CC)S(=O)(=O)NCC1CCCC(C)N1. The van der Waals surface area contributed by atoms with Gasteiger partial charge < -0.3 is 5.32 Å². The molecule has 6 heteroatoms. The standard InChI is InChI=1S/C11H25N3O2S/c1-4-14(5-2)17(15,16)12-9-11-8-6-7-10(3)13-11/h10-13H,4-9H2,1-3H3. The van der Waals surface area contributed by atoms with Crippen LogP contribution in [-0.4, -0.2) is 44.4 Å². The molecule has 0 aromatic heterocycles. The summed E-state index contributed by atoms with van der Waals surface area (Å²) in [4.78, 5) is 0. The van der Waals surface area contributed by atoms with E-state index in [-0.39, 0.29) is 6.04 Å². The van der Waals surface area contributed by atoms with Crippen LogP contribution in [0.4, 0.5) is 0 Å². The summed E-state index contributed by atoms with van der Waals surface area (Å²) in [6.07, 6.45) is 3.40. The van der Waals surface area contributed by atoms with Crippen LogP contribution in [0.25, 0.3) is 0 Å². The Labute approximate surface area is 105 Å². The van der Waals surface area contributed by atoms with E-state index in [4.69, 9.17) is 0 Å². The fraction of sp³-hybridized carbons (Fsp3) is 1.00. The Balaban J connectivity index is 2.43. The minimum Gasteiger partial charge on any atom is -0.310 e. The quantitative estimate of drug-likeness (QED) is 0.741. The summed E-state index contributed by atoms with van der Waals surface area (Å²) in [7, 11) is -3.30. The van der Waals surface area contributed by atoms with Crippen molar-refractivity contribution in [1.82, 2.24) is 14.3 Å². The molecule has 5 nitrogen and oxygen atoms in total. The lowest BCUT2D eigenvalue weighted by atomic mass is 10.00. The Bertz CT molecular complexity index is 315. The molecule has 0 saturated carbocycles. The van der Waals surface area contributed by atoms with Crippen molar-refractivity contribution in [3.63, 3.8) is 0 Å². The van der Waals surface area contributed by atoms with E-state index >= 15 is 0 Å². The Morgan fingerprint density at radius 3 is 2.47 bits per heavy atom. The number of hydrogen-bond donors (Lipinski definition) is 2. The third-order valence-corrected chi connectivity index (χ3v) is 5.00. The molecular weight excluding hydrogens is 238 g/mol. The van der Waals surface area contributed by atoms with Gasteiger partial charge in [-0.05, 0) is 19.8 Å². The van der Waals surface area contributed by atoms with Gasteiger partial charge in [0.1, 0.15) is 0 Å². The fourth-order valence-electron chi connectivity index (χ4n) is 2.26. The van der Waals surface area contributed by atoms with Crippen molar-refractivity contribution in [2.45, 2.75) is 52.1 Å². The molecule has 1 rings (SSSR count). The van der Waals surface area contributed by atoms with Crippen LogP contribution in [0.5, 0.6) is 0 Å². The highest BCUT2D eigenvalue weighted by Crippen LogP contribution is 2.11. The second kappa shape index (κ2) is 6.68. The summed E-state index contributed by atoms with van der Waals surface area (Å²) in [5.74, 6) is 0. The Morgan fingerprint density at radius 1 is 1.29 bits per heavy atom. The average molecular weight is 263 g/mol. The van der Waals surface area contributed by atoms with Crippen molar-refractivity contribution in [2.75, 3.05) is 19.6 Å². The lowest BCUT2D eigenvalue weighted by molar-refractivity contribution is 0.331. The van der Waals surface area contributed by atoms with Crippen molar-refractivity contribution in [3.05, 3.63) is 0 Å². The zero-order chi connectivity index (χ0) is 12.9. The first-order chi connectivity index (χ1) is 7.99. The van der Waals surface area contributed by atoms with Crippen LogP contribution in [0, 0.1) is 0 Å². The minimum absolute atomic E-state index is 0.268. The van der Waals surface area contributed by atoms with E-state index in [1.807, 2.05) is 13.8 Å². The highest BCUT2D eigenvalue weighted by atomic mass is 32.2. The van der Waals surface area contributed by atoms with E-state index in [2.05, 4.69) is 17.0 Å². The Kier molecular flexibility index (Phi) is 5.85. The maximum atomic E-state index is 11.9. The fourth-order valence-corrected chi connectivity index (χ4v) is 3.54. The van der Waals surface area contributed by atoms with Gasteiger partial charge in [-0.1, -0.05) is 20.3 Å². The maximum Gasteiger partial charge on any atom is 0.279 e. The summed E-state index contributed by atoms with van der Waals surface area (Å²) < 4.78 is 27.9. The van der Waals surface area contributed by atoms with Crippen molar-refractivity contribution in [3.8, 4) is 0 Å². The molecule has 102 valence electrons. The molecule has 0 aliphatic carbocycles. The molecule has 0 aromatic carbocycles. The van der Waals surface area contributed by atoms with Crippen LogP contribution in [0.3, 0.4) is 0 Å². The van der Waals surface area contributed by atoms with Crippen molar-refractivity contribution in [2.24, 2.45) is 0 Å². The monoisotopic (exact) mass is 263 g/mol. The van der Waals surface area contributed by atoms with E-state index in [9.17, 15) is 8.42 Å². The smallest absolute Gasteiger partial charge is 0.279 e. The van der Waals surface area contributed by atoms with Gasteiger partial charge in [0.15, 0.2) is 0 Å². The van der Waals surface area contributed by atoms with Crippen LogP contribution in [0.15, 0.2) is 0 Å². The Morgan fingerprint density at radius 2 is 1.94 bits per heavy atom. The zero-order valence-electron chi connectivity index (χ0n) is 11.1. The Hall–Kier alpha value is -0.170. The molecule has 2 N–H and O–H groups in total. The predicted octanol–water partition coefficient (Wildman–Crippen LogP) is 0.693. The average Bonchev–Trinajstić information content (AvgIpc) is 2.28. The number of nitrogens with one attached hydrogen (secondary N) is 2. The van der Waals surface area contributed by atoms with Gasteiger partial charge >= 0.3 is 0 Å². The van der Waals surface area contributed by atoms with Crippen LogP contribution in [0.1, 0.15) is 40.0 Å². The first-order valence-corrected chi connectivity index (χ1v) is 7.94. The number of nitrogens with zero attached hydrogens (tertiary/aromatic N) is 1. The van der Waals surface area contributed by atoms with Gasteiger partial charge in [0, 0.05) is 31.7 Å². The molecular formula is C11H25N3O2S. The van der Waals surface area contributed by atoms with E-state index < -0.39 is 10.2 Å². The molecule has 1 heterocycles. The molecule has 0 bridgehead atoms. The van der Waals surface area contributed by atoms with Gasteiger partial charge in [0.05, 0.1) is 0 Å². The van der Waals surface area contributed by atoms with E-state index in [1.54, 1.807) is 0 Å². The van der Waals surface area contributed by atoms with Crippen molar-refractivity contribution < 1.29 is 8.42 Å². The van der Waals surface area contributed by atoms with Crippen molar-refractivity contribution in [1.29, 1.82) is 0 Å².